The zero-order chi connectivity index (χ0) is 14.0. The summed E-state index contributed by atoms with van der Waals surface area (Å²) in [4.78, 5) is 14.9. The molecule has 0 saturated carbocycles. The number of nitrogens with zero attached hydrogens (tertiary/aromatic N) is 1. The first kappa shape index (κ1) is 14.1. The fourth-order valence-corrected chi connectivity index (χ4v) is 2.21. The summed E-state index contributed by atoms with van der Waals surface area (Å²) in [6.45, 7) is 0. The number of aromatic carboxylic acids is 1. The number of aromatic nitrogens is 1. The highest BCUT2D eigenvalue weighted by Gasteiger charge is 2.10. The van der Waals surface area contributed by atoms with Gasteiger partial charge in [0, 0.05) is 10.7 Å². The van der Waals surface area contributed by atoms with Crippen molar-refractivity contribution >= 4 is 56.6 Å². The minimum Gasteiger partial charge on any atom is -0.478 e. The van der Waals surface area contributed by atoms with Crippen LogP contribution in [0.5, 0.6) is 0 Å². The topological polar surface area (TPSA) is 62.2 Å². The molecule has 1 aromatic heterocycles. The lowest BCUT2D eigenvalue weighted by Gasteiger charge is -2.10. The quantitative estimate of drug-likeness (QED) is 0.784. The third-order valence-corrected chi connectivity index (χ3v) is 4.08. The molecule has 1 aromatic carbocycles. The van der Waals surface area contributed by atoms with Gasteiger partial charge in [-0.15, -0.1) is 0 Å². The van der Waals surface area contributed by atoms with Gasteiger partial charge in [0.1, 0.15) is 5.82 Å². The van der Waals surface area contributed by atoms with E-state index >= 15 is 0 Å². The van der Waals surface area contributed by atoms with E-state index < -0.39 is 5.97 Å². The Morgan fingerprint density at radius 3 is 2.68 bits per heavy atom. The van der Waals surface area contributed by atoms with Crippen LogP contribution in [0.2, 0.25) is 10.0 Å². The zero-order valence-corrected chi connectivity index (χ0v) is 12.4. The number of halogens is 3. The number of carboxylic acid groups (broad SMARTS) is 1. The molecule has 0 bridgehead atoms. The van der Waals surface area contributed by atoms with Gasteiger partial charge in [-0.25, -0.2) is 9.78 Å². The third-order valence-electron chi connectivity index (χ3n) is 2.30. The van der Waals surface area contributed by atoms with Crippen molar-refractivity contribution in [1.82, 2.24) is 4.98 Å². The molecule has 0 aliphatic carbocycles. The van der Waals surface area contributed by atoms with E-state index in [0.717, 1.165) is 0 Å². The number of rotatable bonds is 3. The second-order valence-corrected chi connectivity index (χ2v) is 5.19. The molecule has 2 aromatic rings. The molecule has 0 spiro atoms. The second-order valence-electron chi connectivity index (χ2n) is 3.58. The highest BCUT2D eigenvalue weighted by molar-refractivity contribution is 9.10. The van der Waals surface area contributed by atoms with E-state index in [1.54, 1.807) is 12.1 Å². The van der Waals surface area contributed by atoms with Gasteiger partial charge in [-0.1, -0.05) is 23.2 Å². The van der Waals surface area contributed by atoms with Crippen LogP contribution < -0.4 is 5.32 Å². The van der Waals surface area contributed by atoms with E-state index in [-0.39, 0.29) is 5.56 Å². The monoisotopic (exact) mass is 360 g/mol. The number of nitrogens with one attached hydrogen (secondary N) is 1. The summed E-state index contributed by atoms with van der Waals surface area (Å²) in [5.74, 6) is -0.648. The zero-order valence-electron chi connectivity index (χ0n) is 9.32. The molecule has 2 rings (SSSR count). The maximum Gasteiger partial charge on any atom is 0.335 e. The largest absolute Gasteiger partial charge is 0.478 e. The maximum absolute atomic E-state index is 10.9. The minimum atomic E-state index is -1.02. The molecule has 98 valence electrons. The summed E-state index contributed by atoms with van der Waals surface area (Å²) in [5.41, 5.74) is 0.682. The number of carboxylic acids is 1. The summed E-state index contributed by atoms with van der Waals surface area (Å²) < 4.78 is 0.678. The van der Waals surface area contributed by atoms with Crippen molar-refractivity contribution in [1.29, 1.82) is 0 Å². The van der Waals surface area contributed by atoms with Gasteiger partial charge >= 0.3 is 5.97 Å². The molecule has 0 unspecified atom stereocenters. The van der Waals surface area contributed by atoms with Crippen LogP contribution in [-0.2, 0) is 0 Å². The number of hydrogen-bond donors (Lipinski definition) is 2. The van der Waals surface area contributed by atoms with Crippen LogP contribution in [-0.4, -0.2) is 16.1 Å². The lowest BCUT2D eigenvalue weighted by atomic mass is 10.2. The first-order valence-electron chi connectivity index (χ1n) is 5.09. The van der Waals surface area contributed by atoms with E-state index in [2.05, 4.69) is 26.2 Å². The van der Waals surface area contributed by atoms with Gasteiger partial charge in [-0.05, 0) is 40.2 Å². The molecule has 0 amide bonds. The maximum atomic E-state index is 10.9. The molecule has 19 heavy (non-hydrogen) atoms. The van der Waals surface area contributed by atoms with Crippen LogP contribution in [0.4, 0.5) is 11.5 Å². The van der Waals surface area contributed by atoms with Gasteiger partial charge in [0.25, 0.3) is 0 Å². The number of pyridine rings is 1. The molecule has 1 heterocycles. The normalized spacial score (nSPS) is 10.3. The summed E-state index contributed by atoms with van der Waals surface area (Å²) in [5, 5.41) is 12.5. The Labute approximate surface area is 127 Å². The van der Waals surface area contributed by atoms with Crippen molar-refractivity contribution < 1.29 is 9.90 Å². The second kappa shape index (κ2) is 5.77. The molecule has 4 nitrogen and oxygen atoms in total. The average molecular weight is 362 g/mol. The Morgan fingerprint density at radius 2 is 2.00 bits per heavy atom. The van der Waals surface area contributed by atoms with Gasteiger partial charge < -0.3 is 10.4 Å². The van der Waals surface area contributed by atoms with Crippen molar-refractivity contribution in [3.8, 4) is 0 Å². The van der Waals surface area contributed by atoms with Crippen LogP contribution in [0.15, 0.2) is 34.9 Å². The summed E-state index contributed by atoms with van der Waals surface area (Å²) in [7, 11) is 0. The Morgan fingerprint density at radius 1 is 1.26 bits per heavy atom. The van der Waals surface area contributed by atoms with E-state index in [0.29, 0.717) is 26.0 Å². The van der Waals surface area contributed by atoms with Gasteiger partial charge in [0.05, 0.1) is 21.3 Å². The summed E-state index contributed by atoms with van der Waals surface area (Å²) in [6.07, 6.45) is 1.40. The molecule has 0 atom stereocenters. The van der Waals surface area contributed by atoms with Crippen LogP contribution in [0.1, 0.15) is 10.4 Å². The molecule has 0 aliphatic heterocycles. The van der Waals surface area contributed by atoms with Crippen molar-refractivity contribution in [2.24, 2.45) is 0 Å². The van der Waals surface area contributed by atoms with Gasteiger partial charge in [0.2, 0.25) is 0 Å². The van der Waals surface area contributed by atoms with E-state index in [9.17, 15) is 4.79 Å². The smallest absolute Gasteiger partial charge is 0.335 e. The van der Waals surface area contributed by atoms with Crippen molar-refractivity contribution in [2.75, 3.05) is 5.32 Å². The van der Waals surface area contributed by atoms with Gasteiger partial charge in [0.15, 0.2) is 0 Å². The average Bonchev–Trinajstić information content (AvgIpc) is 2.40. The Hall–Kier alpha value is -1.30. The number of anilines is 2. The summed E-state index contributed by atoms with van der Waals surface area (Å²) >= 11 is 15.3. The van der Waals surface area contributed by atoms with Crippen LogP contribution in [0.3, 0.4) is 0 Å². The fourth-order valence-electron chi connectivity index (χ4n) is 1.39. The Bertz CT molecular complexity index is 650. The van der Waals surface area contributed by atoms with E-state index in [1.807, 2.05) is 0 Å². The minimum absolute atomic E-state index is 0.136. The van der Waals surface area contributed by atoms with E-state index in [1.165, 1.54) is 18.3 Å². The van der Waals surface area contributed by atoms with E-state index in [4.69, 9.17) is 28.3 Å². The number of hydrogen-bond acceptors (Lipinski definition) is 3. The number of benzene rings is 1. The Balaban J connectivity index is 2.34. The molecule has 0 fully saturated rings. The molecule has 2 N–H and O–H groups in total. The molecular formula is C12H7BrCl2N2O2. The van der Waals surface area contributed by atoms with Crippen molar-refractivity contribution in [3.63, 3.8) is 0 Å². The molecule has 7 heteroatoms. The highest BCUT2D eigenvalue weighted by Crippen LogP contribution is 2.36. The van der Waals surface area contributed by atoms with Crippen LogP contribution >= 0.6 is 39.1 Å². The first-order chi connectivity index (χ1) is 8.99. The molecule has 0 aliphatic rings. The first-order valence-corrected chi connectivity index (χ1v) is 6.64. The predicted molar refractivity (Wildman–Crippen MR) is 78.6 cm³/mol. The van der Waals surface area contributed by atoms with Crippen molar-refractivity contribution in [2.45, 2.75) is 0 Å². The lowest BCUT2D eigenvalue weighted by Crippen LogP contribution is -2.00. The van der Waals surface area contributed by atoms with Crippen molar-refractivity contribution in [3.05, 3.63) is 50.5 Å². The highest BCUT2D eigenvalue weighted by atomic mass is 79.9. The standard InChI is InChI=1S/C12H7BrCl2N2O2/c13-7-1-2-8(11(15)10(7)14)17-9-5-6(12(18)19)3-4-16-9/h1-5H,(H,16,17)(H,18,19). The molecule has 0 radical (unpaired) electrons. The SMILES string of the molecule is O=C(O)c1ccnc(Nc2ccc(Br)c(Cl)c2Cl)c1. The van der Waals surface area contributed by atoms with Crippen LogP contribution in [0, 0.1) is 0 Å². The third kappa shape index (κ3) is 3.18. The van der Waals surface area contributed by atoms with Crippen LogP contribution in [0.25, 0.3) is 0 Å². The summed E-state index contributed by atoms with van der Waals surface area (Å²) in [6, 6.07) is 6.27. The Kier molecular flexibility index (Phi) is 4.29. The van der Waals surface area contributed by atoms with Gasteiger partial charge in [-0.2, -0.15) is 0 Å². The number of carbonyl (C=O) groups is 1. The molecular weight excluding hydrogens is 355 g/mol. The van der Waals surface area contributed by atoms with Gasteiger partial charge in [-0.3, -0.25) is 0 Å². The fraction of sp³-hybridized carbons (Fsp3) is 0. The lowest BCUT2D eigenvalue weighted by molar-refractivity contribution is 0.0697. The molecule has 0 saturated heterocycles. The predicted octanol–water partition coefficient (Wildman–Crippen LogP) is 4.59.